The molecule has 0 N–H and O–H groups in total. The second-order valence-electron chi connectivity index (χ2n) is 17.9. The highest BCUT2D eigenvalue weighted by Crippen LogP contribution is 2.87. The van der Waals surface area contributed by atoms with Crippen molar-refractivity contribution in [2.75, 3.05) is 4.90 Å². The number of nitrogens with zero attached hydrogens (tertiary/aromatic N) is 1. The van der Waals surface area contributed by atoms with Crippen molar-refractivity contribution in [2.24, 2.45) is 29.1 Å². The molecule has 6 aliphatic rings. The molecule has 4 saturated carbocycles. The quantitative estimate of drug-likeness (QED) is 0.171. The predicted octanol–water partition coefficient (Wildman–Crippen LogP) is 12.5. The van der Waals surface area contributed by atoms with E-state index in [4.69, 9.17) is 0 Å². The molecule has 4 fully saturated rings. The molecule has 0 radical (unpaired) electrons. The monoisotopic (exact) mass is 719 g/mol. The third-order valence-electron chi connectivity index (χ3n) is 15.9. The van der Waals surface area contributed by atoms with Gasteiger partial charge in [0.1, 0.15) is 0 Å². The van der Waals surface area contributed by atoms with Crippen LogP contribution in [0.25, 0.3) is 44.7 Å². The molecule has 7 aromatic carbocycles. The van der Waals surface area contributed by atoms with Gasteiger partial charge in [-0.2, -0.15) is 0 Å². The lowest BCUT2D eigenvalue weighted by molar-refractivity contribution is -0.245. The topological polar surface area (TPSA) is 3.24 Å². The fraction of sp³-hybridized carbons (Fsp3) is 0.236. The Bertz CT molecular complexity index is 2880. The van der Waals surface area contributed by atoms with Crippen LogP contribution >= 0.6 is 0 Å². The summed E-state index contributed by atoms with van der Waals surface area (Å²) >= 11 is 0. The number of benzene rings is 7. The second kappa shape index (κ2) is 11.5. The maximum absolute atomic E-state index is 2.57. The first-order valence-corrected chi connectivity index (χ1v) is 21.2. The molecule has 6 unspecified atom stereocenters. The molecule has 7 aromatic rings. The zero-order chi connectivity index (χ0) is 36.6. The van der Waals surface area contributed by atoms with Crippen LogP contribution in [0.4, 0.5) is 17.1 Å². The lowest BCUT2D eigenvalue weighted by Crippen LogP contribution is -2.74. The second-order valence-corrected chi connectivity index (χ2v) is 17.9. The van der Waals surface area contributed by atoms with Crippen LogP contribution in [0.3, 0.4) is 0 Å². The normalized spacial score (nSPS) is 27.0. The first kappa shape index (κ1) is 31.5. The number of anilines is 3. The summed E-state index contributed by atoms with van der Waals surface area (Å²) in [5.41, 5.74) is 15.9. The summed E-state index contributed by atoms with van der Waals surface area (Å²) in [6, 6.07) is 60.1. The van der Waals surface area contributed by atoms with Crippen LogP contribution in [0.1, 0.15) is 61.6 Å². The maximum Gasteiger partial charge on any atom is 0.0468 e. The van der Waals surface area contributed by atoms with Crippen LogP contribution in [-0.2, 0) is 5.41 Å². The lowest BCUT2D eigenvalue weighted by Gasteiger charge is -2.77. The van der Waals surface area contributed by atoms with Crippen molar-refractivity contribution in [2.45, 2.75) is 50.4 Å². The Hall–Kier alpha value is -5.66. The Labute approximate surface area is 329 Å². The lowest BCUT2D eigenvalue weighted by atomic mass is 9.25. The van der Waals surface area contributed by atoms with E-state index >= 15 is 0 Å². The van der Waals surface area contributed by atoms with Gasteiger partial charge in [-0.05, 0) is 170 Å². The Balaban J connectivity index is 0.953. The van der Waals surface area contributed by atoms with E-state index in [1.165, 1.54) is 104 Å². The Morgan fingerprint density at radius 2 is 1.25 bits per heavy atom. The van der Waals surface area contributed by atoms with Crippen LogP contribution < -0.4 is 15.3 Å². The van der Waals surface area contributed by atoms with Gasteiger partial charge in [0.2, 0.25) is 0 Å². The summed E-state index contributed by atoms with van der Waals surface area (Å²) < 4.78 is 0. The fourth-order valence-corrected chi connectivity index (χ4v) is 13.9. The summed E-state index contributed by atoms with van der Waals surface area (Å²) in [4.78, 5) is 2.50. The van der Waals surface area contributed by atoms with Crippen molar-refractivity contribution < 1.29 is 0 Å². The van der Waals surface area contributed by atoms with Crippen LogP contribution in [0.15, 0.2) is 158 Å². The highest BCUT2D eigenvalue weighted by Gasteiger charge is 2.82. The van der Waals surface area contributed by atoms with E-state index < -0.39 is 0 Å². The third kappa shape index (κ3) is 4.01. The largest absolute Gasteiger partial charge is 0.310 e. The molecular formula is C55H45N. The van der Waals surface area contributed by atoms with Gasteiger partial charge in [0.05, 0.1) is 0 Å². The first-order chi connectivity index (χ1) is 27.7. The Morgan fingerprint density at radius 3 is 2.14 bits per heavy atom. The summed E-state index contributed by atoms with van der Waals surface area (Å²) in [5.74, 6) is 3.60. The standard InChI is InChI=1S/C55H45N/c1-3-13-44-36(9-1)11-7-16-46(44)38-20-24-41(25-21-38)56(42-26-22-39(23-27-42)47-17-8-12-37-10-2-4-14-45(37)47)43-28-29-51-49(33-43)48-15-5-6-18-50(48)55(51)52-30-19-35-31-40-32-53(55)54(40,52)34-35/h1-7,9-16,18,20-29,33,35,40,52-53H,8,17,19,30-32,34H2. The highest BCUT2D eigenvalue weighted by molar-refractivity contribution is 5.97. The van der Waals surface area contributed by atoms with Gasteiger partial charge in [-0.1, -0.05) is 134 Å². The molecule has 270 valence electrons. The van der Waals surface area contributed by atoms with Crippen molar-refractivity contribution in [3.8, 4) is 22.3 Å². The van der Waals surface area contributed by atoms with Gasteiger partial charge in [-0.25, -0.2) is 0 Å². The molecule has 6 aliphatic carbocycles. The van der Waals surface area contributed by atoms with E-state index in [1.807, 2.05) is 0 Å². The molecule has 56 heavy (non-hydrogen) atoms. The molecule has 13 rings (SSSR count). The van der Waals surface area contributed by atoms with Crippen molar-refractivity contribution in [3.63, 3.8) is 0 Å². The molecule has 0 heterocycles. The molecule has 0 aromatic heterocycles. The SMILES string of the molecule is C1=c2ccccc2=C(c2ccc(N(c3ccc(-c4cccc5ccccc45)cc3)c3ccc4c(c3)-c3ccccc3C43C4CCC5CC6CC3C64C5)cc2)CC1. The molecule has 6 atom stereocenters. The third-order valence-corrected chi connectivity index (χ3v) is 15.9. The average molecular weight is 720 g/mol. The summed E-state index contributed by atoms with van der Waals surface area (Å²) in [6.45, 7) is 0. The van der Waals surface area contributed by atoms with Gasteiger partial charge < -0.3 is 4.90 Å². The highest BCUT2D eigenvalue weighted by atomic mass is 15.1. The molecule has 0 amide bonds. The molecule has 2 spiro atoms. The van der Waals surface area contributed by atoms with Gasteiger partial charge >= 0.3 is 0 Å². The van der Waals surface area contributed by atoms with Crippen LogP contribution in [0.2, 0.25) is 0 Å². The minimum Gasteiger partial charge on any atom is -0.310 e. The maximum atomic E-state index is 2.57. The van der Waals surface area contributed by atoms with E-state index in [0.717, 1.165) is 36.5 Å². The van der Waals surface area contributed by atoms with E-state index in [0.29, 0.717) is 5.41 Å². The van der Waals surface area contributed by atoms with Gasteiger partial charge in [0, 0.05) is 22.5 Å². The van der Waals surface area contributed by atoms with Crippen molar-refractivity contribution >= 4 is 39.5 Å². The minimum absolute atomic E-state index is 0.202. The van der Waals surface area contributed by atoms with Crippen molar-refractivity contribution in [1.82, 2.24) is 0 Å². The van der Waals surface area contributed by atoms with Gasteiger partial charge in [0.25, 0.3) is 0 Å². The van der Waals surface area contributed by atoms with E-state index in [1.54, 1.807) is 11.1 Å². The van der Waals surface area contributed by atoms with Crippen molar-refractivity contribution in [3.05, 3.63) is 185 Å². The summed E-state index contributed by atoms with van der Waals surface area (Å²) in [6.07, 6.45) is 11.9. The molecule has 1 nitrogen and oxygen atoms in total. The summed E-state index contributed by atoms with van der Waals surface area (Å²) in [5, 5.41) is 5.31. The van der Waals surface area contributed by atoms with E-state index in [2.05, 4.69) is 169 Å². The molecule has 0 aliphatic heterocycles. The van der Waals surface area contributed by atoms with E-state index in [9.17, 15) is 0 Å². The zero-order valence-electron chi connectivity index (χ0n) is 31.8. The fourth-order valence-electron chi connectivity index (χ4n) is 13.9. The van der Waals surface area contributed by atoms with Crippen LogP contribution in [-0.4, -0.2) is 0 Å². The zero-order valence-corrected chi connectivity index (χ0v) is 31.8. The number of rotatable bonds is 5. The summed E-state index contributed by atoms with van der Waals surface area (Å²) in [7, 11) is 0. The molecule has 1 heteroatoms. The molecule has 0 saturated heterocycles. The number of hydrogen-bond donors (Lipinski definition) is 0. The van der Waals surface area contributed by atoms with Gasteiger partial charge in [-0.3, -0.25) is 0 Å². The van der Waals surface area contributed by atoms with Crippen LogP contribution in [0, 0.1) is 29.1 Å². The van der Waals surface area contributed by atoms with Crippen LogP contribution in [0.5, 0.6) is 0 Å². The Morgan fingerprint density at radius 1 is 0.536 bits per heavy atom. The first-order valence-electron chi connectivity index (χ1n) is 21.2. The predicted molar refractivity (Wildman–Crippen MR) is 232 cm³/mol. The minimum atomic E-state index is 0.202. The number of hydrogen-bond acceptors (Lipinski definition) is 1. The molecular weight excluding hydrogens is 675 g/mol. The Kier molecular flexibility index (Phi) is 6.45. The van der Waals surface area contributed by atoms with Gasteiger partial charge in [0.15, 0.2) is 0 Å². The molecule has 2 bridgehead atoms. The van der Waals surface area contributed by atoms with Crippen molar-refractivity contribution in [1.29, 1.82) is 0 Å². The average Bonchev–Trinajstić information content (AvgIpc) is 3.74. The van der Waals surface area contributed by atoms with E-state index in [-0.39, 0.29) is 5.41 Å². The smallest absolute Gasteiger partial charge is 0.0468 e. The van der Waals surface area contributed by atoms with Gasteiger partial charge in [-0.15, -0.1) is 0 Å². The number of fused-ring (bicyclic) bond motifs is 10.